The van der Waals surface area contributed by atoms with E-state index in [1.807, 2.05) is 34.9 Å². The van der Waals surface area contributed by atoms with E-state index in [1.54, 1.807) is 4.90 Å². The number of hydrogen-bond acceptors (Lipinski definition) is 6. The summed E-state index contributed by atoms with van der Waals surface area (Å²) in [5.74, 6) is -0.161. The highest BCUT2D eigenvalue weighted by molar-refractivity contribution is 5.90. The van der Waals surface area contributed by atoms with Crippen LogP contribution in [0.15, 0.2) is 0 Å². The zero-order chi connectivity index (χ0) is 24.9. The van der Waals surface area contributed by atoms with E-state index in [2.05, 4.69) is 29.0 Å². The van der Waals surface area contributed by atoms with Gasteiger partial charge >= 0.3 is 5.97 Å². The van der Waals surface area contributed by atoms with Crippen molar-refractivity contribution in [1.29, 1.82) is 0 Å². The molecule has 0 saturated carbocycles. The van der Waals surface area contributed by atoms with Crippen LogP contribution in [0.2, 0.25) is 0 Å². The Bertz CT molecular complexity index is 690. The molecule has 8 nitrogen and oxygen atoms in total. The van der Waals surface area contributed by atoms with Gasteiger partial charge in [0.05, 0.1) is 13.2 Å². The molecule has 0 aromatic heterocycles. The van der Waals surface area contributed by atoms with Gasteiger partial charge in [-0.15, -0.1) is 0 Å². The highest BCUT2D eigenvalue weighted by atomic mass is 16.5. The summed E-state index contributed by atoms with van der Waals surface area (Å²) in [6.45, 7) is 12.5. The predicted octanol–water partition coefficient (Wildman–Crippen LogP) is 2.12. The van der Waals surface area contributed by atoms with E-state index < -0.39 is 11.5 Å². The number of likely N-dealkylation sites (N-methyl/N-ethyl adjacent to an activating group) is 2. The number of rotatable bonds is 8. The minimum Gasteiger partial charge on any atom is -0.468 e. The summed E-state index contributed by atoms with van der Waals surface area (Å²) < 4.78 is 4.99. The molecule has 8 heteroatoms. The summed E-state index contributed by atoms with van der Waals surface area (Å²) >= 11 is 0. The molecule has 0 spiro atoms. The summed E-state index contributed by atoms with van der Waals surface area (Å²) in [6.07, 6.45) is 4.68. The van der Waals surface area contributed by atoms with Crippen LogP contribution in [-0.4, -0.2) is 97.5 Å². The number of esters is 1. The van der Waals surface area contributed by atoms with Gasteiger partial charge in [-0.2, -0.15) is 0 Å². The van der Waals surface area contributed by atoms with Crippen molar-refractivity contribution in [2.45, 2.75) is 90.9 Å². The topological polar surface area (TPSA) is 82.2 Å². The van der Waals surface area contributed by atoms with Crippen LogP contribution < -0.4 is 5.32 Å². The van der Waals surface area contributed by atoms with Gasteiger partial charge in [0.1, 0.15) is 12.1 Å². The van der Waals surface area contributed by atoms with Crippen LogP contribution in [0.25, 0.3) is 0 Å². The molecule has 0 aromatic carbocycles. The van der Waals surface area contributed by atoms with Crippen LogP contribution in [0.4, 0.5) is 0 Å². The number of methoxy groups -OCH3 is 1. The maximum atomic E-state index is 13.8. The van der Waals surface area contributed by atoms with E-state index in [0.29, 0.717) is 6.54 Å². The molecule has 2 fully saturated rings. The summed E-state index contributed by atoms with van der Waals surface area (Å²) in [7, 11) is 5.23. The quantitative estimate of drug-likeness (QED) is 0.552. The van der Waals surface area contributed by atoms with Crippen molar-refractivity contribution in [3.63, 3.8) is 0 Å². The fourth-order valence-corrected chi connectivity index (χ4v) is 5.13. The van der Waals surface area contributed by atoms with Crippen LogP contribution in [0.3, 0.4) is 0 Å². The zero-order valence-corrected chi connectivity index (χ0v) is 22.0. The number of carbonyl (C=O) groups is 3. The van der Waals surface area contributed by atoms with Crippen molar-refractivity contribution in [3.8, 4) is 0 Å². The number of nitrogens with one attached hydrogen (secondary N) is 1. The van der Waals surface area contributed by atoms with Gasteiger partial charge in [-0.1, -0.05) is 41.0 Å². The molecule has 0 bridgehead atoms. The van der Waals surface area contributed by atoms with Gasteiger partial charge in [0, 0.05) is 19.6 Å². The molecule has 2 rings (SSSR count). The maximum Gasteiger partial charge on any atom is 0.323 e. The Labute approximate surface area is 200 Å². The summed E-state index contributed by atoms with van der Waals surface area (Å²) in [6, 6.07) is -1.14. The molecular weight excluding hydrogens is 420 g/mol. The summed E-state index contributed by atoms with van der Waals surface area (Å²) in [5, 5.41) is 3.10. The van der Waals surface area contributed by atoms with Crippen LogP contribution >= 0.6 is 0 Å². The molecule has 2 aliphatic heterocycles. The third-order valence-corrected chi connectivity index (χ3v) is 7.35. The monoisotopic (exact) mass is 466 g/mol. The van der Waals surface area contributed by atoms with Crippen molar-refractivity contribution in [2.24, 2.45) is 11.3 Å². The zero-order valence-electron chi connectivity index (χ0n) is 22.0. The average molecular weight is 467 g/mol. The Morgan fingerprint density at radius 2 is 1.70 bits per heavy atom. The SMILES string of the molecule is COC(=O)[C@@H]1CCCN1C[C@H](C(C)C)N(C)C(=O)[C@@H](NC(=O)[C@H]1CCCCN1C)C(C)(C)C. The highest BCUT2D eigenvalue weighted by Gasteiger charge is 2.41. The molecule has 2 saturated heterocycles. The Kier molecular flexibility index (Phi) is 9.73. The summed E-state index contributed by atoms with van der Waals surface area (Å²) in [4.78, 5) is 45.2. The van der Waals surface area contributed by atoms with E-state index in [-0.39, 0.29) is 41.8 Å². The Hall–Kier alpha value is -1.67. The van der Waals surface area contributed by atoms with Crippen molar-refractivity contribution in [1.82, 2.24) is 20.0 Å². The fraction of sp³-hybridized carbons (Fsp3) is 0.880. The van der Waals surface area contributed by atoms with E-state index in [4.69, 9.17) is 4.74 Å². The number of nitrogens with zero attached hydrogens (tertiary/aromatic N) is 3. The van der Waals surface area contributed by atoms with E-state index in [9.17, 15) is 14.4 Å². The first kappa shape index (κ1) is 27.6. The summed E-state index contributed by atoms with van der Waals surface area (Å²) in [5.41, 5.74) is -0.433. The Morgan fingerprint density at radius 3 is 2.24 bits per heavy atom. The minimum absolute atomic E-state index is 0.0646. The highest BCUT2D eigenvalue weighted by Crippen LogP contribution is 2.26. The number of ether oxygens (including phenoxy) is 1. The molecule has 2 amide bonds. The molecule has 1 N–H and O–H groups in total. The molecule has 2 heterocycles. The molecule has 0 unspecified atom stereocenters. The number of likely N-dealkylation sites (tertiary alicyclic amines) is 2. The second kappa shape index (κ2) is 11.6. The van der Waals surface area contributed by atoms with Gasteiger partial charge in [0.25, 0.3) is 0 Å². The third-order valence-electron chi connectivity index (χ3n) is 7.35. The van der Waals surface area contributed by atoms with Crippen molar-refractivity contribution >= 4 is 17.8 Å². The average Bonchev–Trinajstić information content (AvgIpc) is 3.21. The molecule has 0 aromatic rings. The first-order valence-electron chi connectivity index (χ1n) is 12.5. The van der Waals surface area contributed by atoms with E-state index in [0.717, 1.165) is 45.2 Å². The first-order valence-corrected chi connectivity index (χ1v) is 12.5. The van der Waals surface area contributed by atoms with Crippen LogP contribution in [0.1, 0.15) is 66.7 Å². The fourth-order valence-electron chi connectivity index (χ4n) is 5.13. The second-order valence-corrected chi connectivity index (χ2v) is 11.2. The van der Waals surface area contributed by atoms with Gasteiger partial charge in [-0.05, 0) is 57.2 Å². The minimum atomic E-state index is -0.624. The predicted molar refractivity (Wildman–Crippen MR) is 130 cm³/mol. The van der Waals surface area contributed by atoms with Gasteiger partial charge < -0.3 is 15.0 Å². The molecule has 0 aliphatic carbocycles. The van der Waals surface area contributed by atoms with Gasteiger partial charge in [0.2, 0.25) is 11.8 Å². The number of piperidine rings is 1. The number of amides is 2. The van der Waals surface area contributed by atoms with Crippen molar-refractivity contribution in [3.05, 3.63) is 0 Å². The lowest BCUT2D eigenvalue weighted by molar-refractivity contribution is -0.147. The van der Waals surface area contributed by atoms with Crippen LogP contribution in [0, 0.1) is 11.3 Å². The molecule has 33 heavy (non-hydrogen) atoms. The van der Waals surface area contributed by atoms with Crippen molar-refractivity contribution in [2.75, 3.05) is 40.8 Å². The van der Waals surface area contributed by atoms with Crippen LogP contribution in [-0.2, 0) is 19.1 Å². The van der Waals surface area contributed by atoms with Gasteiger partial charge in [-0.3, -0.25) is 24.2 Å². The van der Waals surface area contributed by atoms with E-state index in [1.165, 1.54) is 7.11 Å². The van der Waals surface area contributed by atoms with E-state index >= 15 is 0 Å². The lowest BCUT2D eigenvalue weighted by Gasteiger charge is -2.41. The second-order valence-electron chi connectivity index (χ2n) is 11.2. The molecule has 2 aliphatic rings. The van der Waals surface area contributed by atoms with Crippen molar-refractivity contribution < 1.29 is 19.1 Å². The normalized spacial score (nSPS) is 24.4. The number of hydrogen-bond donors (Lipinski definition) is 1. The van der Waals surface area contributed by atoms with Gasteiger partial charge in [-0.25, -0.2) is 0 Å². The molecule has 0 radical (unpaired) electrons. The smallest absolute Gasteiger partial charge is 0.323 e. The first-order chi connectivity index (χ1) is 15.4. The lowest BCUT2D eigenvalue weighted by Crippen LogP contribution is -2.61. The third kappa shape index (κ3) is 6.92. The Balaban J connectivity index is 2.17. The molecule has 4 atom stereocenters. The Morgan fingerprint density at radius 1 is 1.06 bits per heavy atom. The van der Waals surface area contributed by atoms with Gasteiger partial charge in [0.15, 0.2) is 0 Å². The standard InChI is InChI=1S/C25H46N4O4/c1-17(2)20(16-29-15-11-13-19(29)24(32)33-8)28(7)23(31)21(25(3,4)5)26-22(30)18-12-9-10-14-27(18)6/h17-21H,9-16H2,1-8H3,(H,26,30)/t18-,19+,20-,21-/m1/s1. The lowest BCUT2D eigenvalue weighted by atomic mass is 9.84. The molecular formula is C25H46N4O4. The molecule has 190 valence electrons. The largest absolute Gasteiger partial charge is 0.468 e. The maximum absolute atomic E-state index is 13.8. The van der Waals surface area contributed by atoms with Crippen LogP contribution in [0.5, 0.6) is 0 Å². The number of carbonyl (C=O) groups excluding carboxylic acids is 3.